The molecule has 0 saturated heterocycles. The number of pyridine rings is 2. The Kier molecular flexibility index (Phi) is 11.5. The third kappa shape index (κ3) is 7.86. The summed E-state index contributed by atoms with van der Waals surface area (Å²) >= 11 is 0. The Morgan fingerprint density at radius 2 is 0.924 bits per heavy atom. The molecule has 2 N–H and O–H groups in total. The molecule has 66 heavy (non-hydrogen) atoms. The number of benzene rings is 4. The molecule has 6 heterocycles. The van der Waals surface area contributed by atoms with Crippen molar-refractivity contribution in [3.8, 4) is 23.0 Å². The van der Waals surface area contributed by atoms with Gasteiger partial charge in [-0.2, -0.15) is 0 Å². The van der Waals surface area contributed by atoms with Crippen LogP contribution in [0.2, 0.25) is 0 Å². The molecule has 0 aliphatic carbocycles. The topological polar surface area (TPSA) is 150 Å². The molecular formula is C48H38F4N6O8. The molecule has 0 spiro atoms. The van der Waals surface area contributed by atoms with E-state index in [1.807, 2.05) is 0 Å². The van der Waals surface area contributed by atoms with Crippen molar-refractivity contribution >= 4 is 11.8 Å². The second kappa shape index (κ2) is 17.7. The van der Waals surface area contributed by atoms with E-state index in [0.29, 0.717) is 22.3 Å². The summed E-state index contributed by atoms with van der Waals surface area (Å²) in [5.41, 5.74) is -0.110. The second-order valence-electron chi connectivity index (χ2n) is 15.5. The average molecular weight is 903 g/mol. The van der Waals surface area contributed by atoms with Crippen molar-refractivity contribution in [1.29, 1.82) is 0 Å². The molecule has 0 unspecified atom stereocenters. The predicted octanol–water partition coefficient (Wildman–Crippen LogP) is 5.84. The molecule has 2 amide bonds. The van der Waals surface area contributed by atoms with Gasteiger partial charge in [0.1, 0.15) is 50.3 Å². The molecule has 4 aromatic carbocycles. The van der Waals surface area contributed by atoms with Gasteiger partial charge in [0.2, 0.25) is 10.9 Å². The Labute approximate surface area is 372 Å². The van der Waals surface area contributed by atoms with E-state index < -0.39 is 69.5 Å². The largest absolute Gasteiger partial charge is 0.502 e. The molecule has 4 aliphatic heterocycles. The van der Waals surface area contributed by atoms with Crippen LogP contribution in [0.4, 0.5) is 17.6 Å². The third-order valence-electron chi connectivity index (χ3n) is 11.4. The highest BCUT2D eigenvalue weighted by molar-refractivity contribution is 5.97. The molecule has 4 aliphatic rings. The number of aromatic hydroxyl groups is 2. The lowest BCUT2D eigenvalue weighted by atomic mass is 9.96. The summed E-state index contributed by atoms with van der Waals surface area (Å²) in [5.74, 6) is -4.63. The highest BCUT2D eigenvalue weighted by atomic mass is 19.1. The van der Waals surface area contributed by atoms with Crippen molar-refractivity contribution in [3.05, 3.63) is 211 Å². The van der Waals surface area contributed by atoms with E-state index in [4.69, 9.17) is 9.47 Å². The van der Waals surface area contributed by atoms with Gasteiger partial charge in [0.15, 0.2) is 46.0 Å². The van der Waals surface area contributed by atoms with Gasteiger partial charge in [-0.1, -0.05) is 60.7 Å². The van der Waals surface area contributed by atoms with Crippen molar-refractivity contribution < 1.29 is 46.8 Å². The maximum atomic E-state index is 14.9. The molecule has 0 saturated carbocycles. The summed E-state index contributed by atoms with van der Waals surface area (Å²) in [6, 6.07) is 21.2. The third-order valence-corrected chi connectivity index (χ3v) is 11.4. The van der Waals surface area contributed by atoms with Crippen molar-refractivity contribution in [3.63, 3.8) is 0 Å². The number of aromatic nitrogens is 2. The summed E-state index contributed by atoms with van der Waals surface area (Å²) in [7, 11) is 0. The number of halogens is 4. The van der Waals surface area contributed by atoms with E-state index in [9.17, 15) is 47.0 Å². The molecule has 6 aromatic rings. The van der Waals surface area contributed by atoms with Gasteiger partial charge in [-0.25, -0.2) is 17.6 Å². The maximum Gasteiger partial charge on any atom is 0.278 e. The SMILES string of the molecule is O=C1c2c(O)c(=O)ccn2N2CN1C/C=C\COc1c(F)cccc1[C@@H]2c1cccc(F)c1.O=C1c2c(O)c(=O)ccn2N2CN1C/C=C\COc1c(F)cccc1[C@H]2c1cccc(F)c1. The molecule has 2 atom stereocenters. The van der Waals surface area contributed by atoms with E-state index in [2.05, 4.69) is 0 Å². The molecule has 0 fully saturated rings. The van der Waals surface area contributed by atoms with Gasteiger partial charge in [-0.15, -0.1) is 0 Å². The van der Waals surface area contributed by atoms with Crippen LogP contribution < -0.4 is 30.3 Å². The molecule has 4 bridgehead atoms. The zero-order valence-electron chi connectivity index (χ0n) is 34.6. The Morgan fingerprint density at radius 1 is 0.515 bits per heavy atom. The predicted molar refractivity (Wildman–Crippen MR) is 232 cm³/mol. The van der Waals surface area contributed by atoms with Gasteiger partial charge < -0.3 is 29.5 Å². The van der Waals surface area contributed by atoms with Crippen LogP contribution in [0.15, 0.2) is 143 Å². The van der Waals surface area contributed by atoms with Gasteiger partial charge >= 0.3 is 0 Å². The lowest BCUT2D eigenvalue weighted by molar-refractivity contribution is 0.0694. The number of nitrogens with zero attached hydrogens (tertiary/aromatic N) is 6. The Balaban J connectivity index is 0.000000166. The van der Waals surface area contributed by atoms with Crippen molar-refractivity contribution in [2.45, 2.75) is 12.1 Å². The van der Waals surface area contributed by atoms with Crippen LogP contribution in [-0.2, 0) is 0 Å². The minimum atomic E-state index is -0.819. The lowest BCUT2D eigenvalue weighted by Gasteiger charge is -2.43. The number of carbonyl (C=O) groups excluding carboxylic acids is 2. The van der Waals surface area contributed by atoms with Crippen LogP contribution >= 0.6 is 0 Å². The first kappa shape index (κ1) is 43.0. The fraction of sp³-hybridized carbons (Fsp3) is 0.167. The monoisotopic (exact) mass is 902 g/mol. The fourth-order valence-electron chi connectivity index (χ4n) is 8.43. The summed E-state index contributed by atoms with van der Waals surface area (Å²) < 4.78 is 72.6. The molecular weight excluding hydrogens is 865 g/mol. The summed E-state index contributed by atoms with van der Waals surface area (Å²) in [5, 5.41) is 24.3. The molecule has 18 heteroatoms. The number of hydrogen-bond donors (Lipinski definition) is 2. The zero-order valence-corrected chi connectivity index (χ0v) is 34.6. The average Bonchev–Trinajstić information content (AvgIpc) is 3.35. The molecule has 10 rings (SSSR count). The second-order valence-corrected chi connectivity index (χ2v) is 15.5. The normalized spacial score (nSPS) is 18.6. The number of hydrogen-bond acceptors (Lipinski definition) is 10. The minimum Gasteiger partial charge on any atom is -0.502 e. The first-order valence-electron chi connectivity index (χ1n) is 20.6. The first-order chi connectivity index (χ1) is 31.9. The highest BCUT2D eigenvalue weighted by Gasteiger charge is 2.40. The fourth-order valence-corrected chi connectivity index (χ4v) is 8.43. The van der Waals surface area contributed by atoms with Crippen LogP contribution in [0.1, 0.15) is 55.3 Å². The number of fused-ring (bicyclic) bond motifs is 10. The Bertz CT molecular complexity index is 2880. The van der Waals surface area contributed by atoms with Gasteiger partial charge in [-0.05, 0) is 59.7 Å². The number of amides is 2. The first-order valence-corrected chi connectivity index (χ1v) is 20.6. The van der Waals surface area contributed by atoms with E-state index >= 15 is 0 Å². The zero-order chi connectivity index (χ0) is 46.2. The highest BCUT2D eigenvalue weighted by Crippen LogP contribution is 2.40. The summed E-state index contributed by atoms with van der Waals surface area (Å²) in [6.45, 7) is 0.487. The van der Waals surface area contributed by atoms with Crippen LogP contribution in [0.5, 0.6) is 23.0 Å². The quantitative estimate of drug-likeness (QED) is 0.160. The van der Waals surface area contributed by atoms with Gasteiger partial charge in [-0.3, -0.25) is 38.5 Å². The number of carbonyl (C=O) groups is 2. The van der Waals surface area contributed by atoms with Crippen LogP contribution in [0, 0.1) is 23.3 Å². The smallest absolute Gasteiger partial charge is 0.278 e. The van der Waals surface area contributed by atoms with E-state index in [1.54, 1.807) is 58.6 Å². The van der Waals surface area contributed by atoms with E-state index in [1.165, 1.54) is 92.2 Å². The molecule has 2 aromatic heterocycles. The lowest BCUT2D eigenvalue weighted by Crippen LogP contribution is -2.55. The number of para-hydroxylation sites is 2. The standard InChI is InChI=1S/2C24H19F2N3O4/c2*25-16-6-3-5-15(13-16)20-17-7-4-8-18(26)23(17)33-12-2-1-10-27-14-29(20)28-11-9-19(30)22(31)21(28)24(27)32/h2*1-9,11,13,20,31H,10,12,14H2/b2*2-1-/t2*20-/m10/s1. The summed E-state index contributed by atoms with van der Waals surface area (Å²) in [4.78, 5) is 53.4. The van der Waals surface area contributed by atoms with Crippen molar-refractivity contribution in [2.24, 2.45) is 0 Å². The number of rotatable bonds is 2. The van der Waals surface area contributed by atoms with Crippen LogP contribution in [0.3, 0.4) is 0 Å². The van der Waals surface area contributed by atoms with Crippen LogP contribution in [-0.4, -0.2) is 80.8 Å². The Hall–Kier alpha value is -8.28. The Morgan fingerprint density at radius 3 is 1.33 bits per heavy atom. The molecule has 336 valence electrons. The molecule has 0 radical (unpaired) electrons. The summed E-state index contributed by atoms with van der Waals surface area (Å²) in [6.07, 6.45) is 9.42. The van der Waals surface area contributed by atoms with Crippen molar-refractivity contribution in [2.75, 3.05) is 49.7 Å². The van der Waals surface area contributed by atoms with E-state index in [-0.39, 0.29) is 62.5 Å². The number of ether oxygens (including phenoxy) is 2. The minimum absolute atomic E-state index is 0.00595. The van der Waals surface area contributed by atoms with E-state index in [0.717, 1.165) is 12.1 Å². The maximum absolute atomic E-state index is 14.9. The van der Waals surface area contributed by atoms with Gasteiger partial charge in [0, 0.05) is 48.7 Å². The van der Waals surface area contributed by atoms with Crippen LogP contribution in [0.25, 0.3) is 0 Å². The van der Waals surface area contributed by atoms with Crippen molar-refractivity contribution in [1.82, 2.24) is 19.2 Å². The van der Waals surface area contributed by atoms with Gasteiger partial charge in [0.25, 0.3) is 11.8 Å². The molecule has 14 nitrogen and oxygen atoms in total. The van der Waals surface area contributed by atoms with Gasteiger partial charge in [0.05, 0.1) is 0 Å².